The molecule has 1 aliphatic rings. The summed E-state index contributed by atoms with van der Waals surface area (Å²) in [5, 5.41) is 30.1. The van der Waals surface area contributed by atoms with Crippen LogP contribution in [0.2, 0.25) is 0 Å². The predicted octanol–water partition coefficient (Wildman–Crippen LogP) is 5.29. The summed E-state index contributed by atoms with van der Waals surface area (Å²) in [5.41, 5.74) is 4.06. The fourth-order valence-electron chi connectivity index (χ4n) is 4.00. The molecule has 200 valence electrons. The van der Waals surface area contributed by atoms with Crippen molar-refractivity contribution >= 4 is 49.5 Å². The molecule has 12 heteroatoms. The van der Waals surface area contributed by atoms with E-state index in [1.54, 1.807) is 13.2 Å². The van der Waals surface area contributed by atoms with Crippen LogP contribution >= 0.6 is 31.9 Å². The number of methoxy groups -OCH3 is 1. The fraction of sp³-hybridized carbons (Fsp3) is 0.231. The molecule has 3 N–H and O–H groups in total. The molecule has 0 bridgehead atoms. The Balaban J connectivity index is 0.000000599. The van der Waals surface area contributed by atoms with Crippen LogP contribution in [0.15, 0.2) is 63.5 Å². The zero-order chi connectivity index (χ0) is 27.8. The summed E-state index contributed by atoms with van der Waals surface area (Å²) in [4.78, 5) is 29.7. The van der Waals surface area contributed by atoms with Crippen LogP contribution in [0.4, 0.5) is 5.69 Å². The van der Waals surface area contributed by atoms with E-state index in [9.17, 15) is 10.1 Å². The first kappa shape index (κ1) is 29.1. The Kier molecular flexibility index (Phi) is 10.2. The van der Waals surface area contributed by atoms with Gasteiger partial charge in [0.25, 0.3) is 0 Å². The largest absolute Gasteiger partial charge is 0.494 e. The topological polar surface area (TPSA) is 148 Å². The standard InChI is InChI=1S/C24H22Br2N2O4.C2H2O4/c1-31-24-19(25)9-16(10-20(24)26)11-21-18-13-22(28(29)30)23(12-17(18)7-8-27-21)32-14-15-5-3-2-4-6-15;3-1(4)2(5)6/h2-6,9-10,12-13,21,27H,7-8,11,14H2,1H3;(H,3,4)(H,5,6). The number of benzene rings is 3. The van der Waals surface area contributed by atoms with Crippen LogP contribution in [0.1, 0.15) is 28.3 Å². The van der Waals surface area contributed by atoms with E-state index in [0.717, 1.165) is 49.9 Å². The average molecular weight is 652 g/mol. The van der Waals surface area contributed by atoms with Gasteiger partial charge in [-0.1, -0.05) is 30.3 Å². The minimum absolute atomic E-state index is 0.00882. The van der Waals surface area contributed by atoms with E-state index in [-0.39, 0.29) is 23.3 Å². The maximum atomic E-state index is 11.8. The molecule has 0 spiro atoms. The van der Waals surface area contributed by atoms with Gasteiger partial charge in [0.1, 0.15) is 12.4 Å². The first-order valence-electron chi connectivity index (χ1n) is 11.3. The molecule has 1 heterocycles. The summed E-state index contributed by atoms with van der Waals surface area (Å²) in [6, 6.07) is 17.2. The van der Waals surface area contributed by atoms with E-state index in [1.165, 1.54) is 0 Å². The van der Waals surface area contributed by atoms with E-state index in [2.05, 4.69) is 37.2 Å². The van der Waals surface area contributed by atoms with Gasteiger partial charge in [0.05, 0.1) is 21.0 Å². The van der Waals surface area contributed by atoms with Gasteiger partial charge < -0.3 is 25.0 Å². The van der Waals surface area contributed by atoms with Gasteiger partial charge in [-0.3, -0.25) is 10.1 Å². The smallest absolute Gasteiger partial charge is 0.414 e. The molecule has 4 rings (SSSR count). The number of hydrogen-bond donors (Lipinski definition) is 3. The van der Waals surface area contributed by atoms with Gasteiger partial charge >= 0.3 is 17.6 Å². The number of nitrogens with one attached hydrogen (secondary N) is 1. The van der Waals surface area contributed by atoms with Crippen LogP contribution in [-0.4, -0.2) is 40.7 Å². The predicted molar refractivity (Wildman–Crippen MR) is 146 cm³/mol. The normalized spacial score (nSPS) is 13.9. The van der Waals surface area contributed by atoms with Crippen LogP contribution in [0, 0.1) is 10.1 Å². The van der Waals surface area contributed by atoms with Crippen molar-refractivity contribution in [1.29, 1.82) is 0 Å². The Hall–Kier alpha value is -3.48. The number of nitro benzene ring substituents is 1. The molecule has 3 aromatic rings. The minimum Gasteiger partial charge on any atom is -0.494 e. The third kappa shape index (κ3) is 7.53. The molecule has 38 heavy (non-hydrogen) atoms. The van der Waals surface area contributed by atoms with Gasteiger partial charge in [0.15, 0.2) is 5.75 Å². The van der Waals surface area contributed by atoms with Gasteiger partial charge in [0.2, 0.25) is 0 Å². The second-order valence-electron chi connectivity index (χ2n) is 8.21. The maximum Gasteiger partial charge on any atom is 0.414 e. The van der Waals surface area contributed by atoms with Crippen LogP contribution in [0.25, 0.3) is 0 Å². The number of aliphatic carboxylic acids is 2. The monoisotopic (exact) mass is 650 g/mol. The fourth-order valence-corrected chi connectivity index (χ4v) is 5.60. The summed E-state index contributed by atoms with van der Waals surface area (Å²) in [6.45, 7) is 1.09. The number of rotatable bonds is 7. The Labute approximate surface area is 235 Å². The van der Waals surface area contributed by atoms with Crippen molar-refractivity contribution in [3.63, 3.8) is 0 Å². The summed E-state index contributed by atoms with van der Waals surface area (Å²) in [6.07, 6.45) is 1.48. The van der Waals surface area contributed by atoms with Gasteiger partial charge in [-0.15, -0.1) is 0 Å². The maximum absolute atomic E-state index is 11.8. The van der Waals surface area contributed by atoms with E-state index in [1.807, 2.05) is 48.5 Å². The zero-order valence-electron chi connectivity index (χ0n) is 20.1. The first-order chi connectivity index (χ1) is 18.1. The quantitative estimate of drug-likeness (QED) is 0.176. The second-order valence-corrected chi connectivity index (χ2v) is 9.92. The lowest BCUT2D eigenvalue weighted by molar-refractivity contribution is -0.386. The van der Waals surface area contributed by atoms with Crippen molar-refractivity contribution in [2.45, 2.75) is 25.5 Å². The zero-order valence-corrected chi connectivity index (χ0v) is 23.3. The molecule has 0 saturated carbocycles. The van der Waals surface area contributed by atoms with Crippen LogP contribution < -0.4 is 14.8 Å². The molecule has 0 aliphatic carbocycles. The first-order valence-corrected chi connectivity index (χ1v) is 12.9. The molecule has 1 atom stereocenters. The lowest BCUT2D eigenvalue weighted by Crippen LogP contribution is -2.31. The molecule has 0 amide bonds. The highest BCUT2D eigenvalue weighted by molar-refractivity contribution is 9.11. The second kappa shape index (κ2) is 13.4. The number of nitro groups is 1. The third-order valence-electron chi connectivity index (χ3n) is 5.70. The highest BCUT2D eigenvalue weighted by Crippen LogP contribution is 2.39. The van der Waals surface area contributed by atoms with Crippen molar-refractivity contribution < 1.29 is 34.2 Å². The van der Waals surface area contributed by atoms with E-state index < -0.39 is 11.9 Å². The molecule has 1 aliphatic heterocycles. The molecule has 0 fully saturated rings. The van der Waals surface area contributed by atoms with Crippen molar-refractivity contribution in [2.24, 2.45) is 0 Å². The van der Waals surface area contributed by atoms with Gasteiger partial charge in [0, 0.05) is 12.1 Å². The van der Waals surface area contributed by atoms with Crippen LogP contribution in [0.3, 0.4) is 0 Å². The number of nitrogens with zero attached hydrogens (tertiary/aromatic N) is 1. The number of carboxylic acids is 2. The molecule has 1 unspecified atom stereocenters. The number of carboxylic acid groups (broad SMARTS) is 2. The Morgan fingerprint density at radius 2 is 1.68 bits per heavy atom. The SMILES string of the molecule is COc1c(Br)cc(CC2NCCc3cc(OCc4ccccc4)c([N+](=O)[O-])cc32)cc1Br.O=C(O)C(=O)O. The van der Waals surface area contributed by atoms with Crippen LogP contribution in [-0.2, 0) is 29.0 Å². The lowest BCUT2D eigenvalue weighted by Gasteiger charge is -2.28. The molecule has 0 saturated heterocycles. The van der Waals surface area contributed by atoms with Crippen molar-refractivity contribution in [1.82, 2.24) is 5.32 Å². The molecule has 0 radical (unpaired) electrons. The van der Waals surface area contributed by atoms with E-state index in [0.29, 0.717) is 12.2 Å². The minimum atomic E-state index is -1.82. The highest BCUT2D eigenvalue weighted by Gasteiger charge is 2.27. The van der Waals surface area contributed by atoms with Gasteiger partial charge in [-0.05, 0) is 91.7 Å². The number of hydrogen-bond acceptors (Lipinski definition) is 7. The van der Waals surface area contributed by atoms with Crippen molar-refractivity contribution in [3.8, 4) is 11.5 Å². The Morgan fingerprint density at radius 3 is 2.24 bits per heavy atom. The molecule has 10 nitrogen and oxygen atoms in total. The van der Waals surface area contributed by atoms with Gasteiger partial charge in [-0.2, -0.15) is 0 Å². The lowest BCUT2D eigenvalue weighted by atomic mass is 9.89. The number of ether oxygens (including phenoxy) is 2. The molecule has 3 aromatic carbocycles. The Bertz CT molecular complexity index is 1300. The molecular weight excluding hydrogens is 628 g/mol. The summed E-state index contributed by atoms with van der Waals surface area (Å²) in [7, 11) is 1.63. The highest BCUT2D eigenvalue weighted by atomic mass is 79.9. The molecule has 0 aromatic heterocycles. The molecular formula is C26H24Br2N2O8. The number of carbonyl (C=O) groups is 2. The Morgan fingerprint density at radius 1 is 1.05 bits per heavy atom. The summed E-state index contributed by atoms with van der Waals surface area (Å²) < 4.78 is 13.0. The van der Waals surface area contributed by atoms with Crippen molar-refractivity contribution in [2.75, 3.05) is 13.7 Å². The van der Waals surface area contributed by atoms with Crippen LogP contribution in [0.5, 0.6) is 11.5 Å². The number of fused-ring (bicyclic) bond motifs is 1. The van der Waals surface area contributed by atoms with E-state index >= 15 is 0 Å². The average Bonchev–Trinajstić information content (AvgIpc) is 2.88. The summed E-state index contributed by atoms with van der Waals surface area (Å²) in [5.74, 6) is -2.60. The van der Waals surface area contributed by atoms with Crippen molar-refractivity contribution in [3.05, 3.63) is 95.9 Å². The number of halogens is 2. The van der Waals surface area contributed by atoms with E-state index in [4.69, 9.17) is 29.3 Å². The summed E-state index contributed by atoms with van der Waals surface area (Å²) >= 11 is 7.10. The third-order valence-corrected chi connectivity index (χ3v) is 6.88. The van der Waals surface area contributed by atoms with Gasteiger partial charge in [-0.25, -0.2) is 9.59 Å².